The van der Waals surface area contributed by atoms with Gasteiger partial charge in [0.1, 0.15) is 0 Å². The van der Waals surface area contributed by atoms with E-state index in [4.69, 9.17) is 0 Å². The summed E-state index contributed by atoms with van der Waals surface area (Å²) >= 11 is 0. The first kappa shape index (κ1) is 15.0. The van der Waals surface area contributed by atoms with E-state index in [-0.39, 0.29) is 17.7 Å². The van der Waals surface area contributed by atoms with Crippen molar-refractivity contribution in [2.45, 2.75) is 51.1 Å². The van der Waals surface area contributed by atoms with Crippen LogP contribution < -0.4 is 0 Å². The lowest BCUT2D eigenvalue weighted by molar-refractivity contribution is -0.144. The van der Waals surface area contributed by atoms with Crippen molar-refractivity contribution >= 4 is 11.8 Å². The maximum atomic E-state index is 12.6. The molecule has 7 nitrogen and oxygen atoms in total. The molecule has 0 N–H and O–H groups in total. The number of likely N-dealkylation sites (tertiary alicyclic amines) is 1. The van der Waals surface area contributed by atoms with Gasteiger partial charge in [-0.3, -0.25) is 9.59 Å². The van der Waals surface area contributed by atoms with Gasteiger partial charge in [-0.15, -0.1) is 0 Å². The number of hydrogen-bond acceptors (Lipinski definition) is 5. The topological polar surface area (TPSA) is 79.5 Å². The van der Waals surface area contributed by atoms with E-state index < -0.39 is 0 Å². The molecule has 2 amide bonds. The van der Waals surface area contributed by atoms with Gasteiger partial charge in [0.25, 0.3) is 0 Å². The van der Waals surface area contributed by atoms with Crippen LogP contribution in [0.1, 0.15) is 44.3 Å². The summed E-state index contributed by atoms with van der Waals surface area (Å²) < 4.78 is 4.69. The van der Waals surface area contributed by atoms with Gasteiger partial charge < -0.3 is 14.3 Å². The van der Waals surface area contributed by atoms with Crippen molar-refractivity contribution in [1.82, 2.24) is 19.9 Å². The zero-order chi connectivity index (χ0) is 15.5. The van der Waals surface area contributed by atoms with Gasteiger partial charge in [-0.2, -0.15) is 4.98 Å². The minimum atomic E-state index is -0.116. The van der Waals surface area contributed by atoms with Crippen LogP contribution in [-0.2, 0) is 16.1 Å². The number of carbonyl (C=O) groups is 2. The van der Waals surface area contributed by atoms with Crippen molar-refractivity contribution in [1.29, 1.82) is 0 Å². The molecule has 7 heteroatoms. The predicted octanol–water partition coefficient (Wildman–Crippen LogP) is 1.21. The monoisotopic (exact) mass is 306 g/mol. The molecule has 1 aromatic heterocycles. The van der Waals surface area contributed by atoms with E-state index >= 15 is 0 Å². The minimum absolute atomic E-state index is 0.0558. The van der Waals surface area contributed by atoms with E-state index in [9.17, 15) is 9.59 Å². The second-order valence-electron chi connectivity index (χ2n) is 6.26. The zero-order valence-corrected chi connectivity index (χ0v) is 12.9. The summed E-state index contributed by atoms with van der Waals surface area (Å²) in [6.07, 6.45) is 6.89. The number of rotatable bonds is 4. The molecule has 2 heterocycles. The van der Waals surface area contributed by atoms with Gasteiger partial charge in [0, 0.05) is 26.1 Å². The highest BCUT2D eigenvalue weighted by Crippen LogP contribution is 2.29. The van der Waals surface area contributed by atoms with Gasteiger partial charge in [0.2, 0.25) is 18.2 Å². The molecule has 0 spiro atoms. The summed E-state index contributed by atoms with van der Waals surface area (Å²) in [5.74, 6) is 0.641. The summed E-state index contributed by atoms with van der Waals surface area (Å²) in [5, 5.41) is 3.73. The molecule has 0 radical (unpaired) electrons. The molecule has 1 aliphatic carbocycles. The van der Waals surface area contributed by atoms with Crippen molar-refractivity contribution in [3.63, 3.8) is 0 Å². The Bertz CT molecular complexity index is 525. The Labute approximate surface area is 129 Å². The standard InChI is InChI=1S/C15H22N4O3/c1-18(9-13-16-10-22-17-13)15(21)11-6-7-14(20)19(8-11)12-4-2-3-5-12/h10-12H,2-9H2,1H3/t11-/m1/s1. The Balaban J connectivity index is 1.61. The van der Waals surface area contributed by atoms with Crippen LogP contribution in [0, 0.1) is 5.92 Å². The third-order valence-corrected chi connectivity index (χ3v) is 4.72. The Kier molecular flexibility index (Phi) is 4.40. The highest BCUT2D eigenvalue weighted by molar-refractivity contribution is 5.83. The van der Waals surface area contributed by atoms with Crippen LogP contribution >= 0.6 is 0 Å². The second-order valence-corrected chi connectivity index (χ2v) is 6.26. The number of aromatic nitrogens is 2. The summed E-state index contributed by atoms with van der Waals surface area (Å²) in [5.41, 5.74) is 0. The molecule has 0 unspecified atom stereocenters. The van der Waals surface area contributed by atoms with Gasteiger partial charge in [-0.1, -0.05) is 18.0 Å². The summed E-state index contributed by atoms with van der Waals surface area (Å²) in [6, 6.07) is 0.339. The van der Waals surface area contributed by atoms with E-state index in [0.717, 1.165) is 12.8 Å². The normalized spacial score (nSPS) is 23.0. The molecule has 2 fully saturated rings. The average Bonchev–Trinajstić information content (AvgIpc) is 3.20. The summed E-state index contributed by atoms with van der Waals surface area (Å²) in [7, 11) is 1.75. The Morgan fingerprint density at radius 3 is 2.86 bits per heavy atom. The number of carbonyl (C=O) groups excluding carboxylic acids is 2. The van der Waals surface area contributed by atoms with Gasteiger partial charge >= 0.3 is 0 Å². The molecule has 1 atom stereocenters. The number of piperidine rings is 1. The molecule has 0 aromatic carbocycles. The largest absolute Gasteiger partial charge is 0.343 e. The smallest absolute Gasteiger partial charge is 0.227 e. The molecule has 2 aliphatic rings. The van der Waals surface area contributed by atoms with Crippen LogP contribution in [0.25, 0.3) is 0 Å². The second kappa shape index (κ2) is 6.46. The van der Waals surface area contributed by atoms with Crippen molar-refractivity contribution < 1.29 is 14.1 Å². The van der Waals surface area contributed by atoms with Crippen LogP contribution in [0.3, 0.4) is 0 Å². The SMILES string of the molecule is CN(Cc1ncon1)C(=O)[C@@H]1CCC(=O)N(C2CCCC2)C1. The van der Waals surface area contributed by atoms with Crippen LogP contribution in [0.2, 0.25) is 0 Å². The molecular weight excluding hydrogens is 284 g/mol. The maximum Gasteiger partial charge on any atom is 0.227 e. The fourth-order valence-electron chi connectivity index (χ4n) is 3.51. The van der Waals surface area contributed by atoms with E-state index in [0.29, 0.717) is 37.8 Å². The van der Waals surface area contributed by atoms with Crippen molar-refractivity contribution in [3.8, 4) is 0 Å². The lowest BCUT2D eigenvalue weighted by atomic mass is 9.94. The molecule has 22 heavy (non-hydrogen) atoms. The van der Waals surface area contributed by atoms with Crippen LogP contribution in [-0.4, -0.2) is 51.4 Å². The van der Waals surface area contributed by atoms with Gasteiger partial charge in [0.15, 0.2) is 5.82 Å². The molecule has 1 saturated carbocycles. The fraction of sp³-hybridized carbons (Fsp3) is 0.733. The first-order valence-electron chi connectivity index (χ1n) is 7.95. The minimum Gasteiger partial charge on any atom is -0.343 e. The van der Waals surface area contributed by atoms with Crippen LogP contribution in [0.5, 0.6) is 0 Å². The Morgan fingerprint density at radius 1 is 1.41 bits per heavy atom. The van der Waals surface area contributed by atoms with Crippen molar-refractivity contribution in [2.24, 2.45) is 5.92 Å². The van der Waals surface area contributed by atoms with Crippen molar-refractivity contribution in [2.75, 3.05) is 13.6 Å². The predicted molar refractivity (Wildman–Crippen MR) is 77.5 cm³/mol. The fourth-order valence-corrected chi connectivity index (χ4v) is 3.51. The number of nitrogens with zero attached hydrogens (tertiary/aromatic N) is 4. The number of hydrogen-bond donors (Lipinski definition) is 0. The molecule has 1 aromatic rings. The van der Waals surface area contributed by atoms with E-state index in [2.05, 4.69) is 14.7 Å². The van der Waals surface area contributed by atoms with Gasteiger partial charge in [-0.25, -0.2) is 0 Å². The zero-order valence-electron chi connectivity index (χ0n) is 12.9. The lowest BCUT2D eigenvalue weighted by Crippen LogP contribution is -2.49. The Hall–Kier alpha value is -1.92. The third-order valence-electron chi connectivity index (χ3n) is 4.72. The van der Waals surface area contributed by atoms with Crippen LogP contribution in [0.15, 0.2) is 10.9 Å². The van der Waals surface area contributed by atoms with E-state index in [1.165, 1.54) is 19.2 Å². The number of amides is 2. The van der Waals surface area contributed by atoms with E-state index in [1.54, 1.807) is 11.9 Å². The maximum absolute atomic E-state index is 12.6. The van der Waals surface area contributed by atoms with Gasteiger partial charge in [0.05, 0.1) is 12.5 Å². The molecule has 1 saturated heterocycles. The summed E-state index contributed by atoms with van der Waals surface area (Å²) in [4.78, 5) is 32.2. The lowest BCUT2D eigenvalue weighted by Gasteiger charge is -2.37. The van der Waals surface area contributed by atoms with Gasteiger partial charge in [-0.05, 0) is 19.3 Å². The molecule has 1 aliphatic heterocycles. The average molecular weight is 306 g/mol. The first-order valence-corrected chi connectivity index (χ1v) is 7.95. The summed E-state index contributed by atoms with van der Waals surface area (Å²) in [6.45, 7) is 0.891. The molecular formula is C15H22N4O3. The molecule has 0 bridgehead atoms. The van der Waals surface area contributed by atoms with Crippen LogP contribution in [0.4, 0.5) is 0 Å². The first-order chi connectivity index (χ1) is 10.6. The quantitative estimate of drug-likeness (QED) is 0.835. The third kappa shape index (κ3) is 3.13. The highest BCUT2D eigenvalue weighted by atomic mass is 16.5. The Morgan fingerprint density at radius 2 is 2.18 bits per heavy atom. The highest BCUT2D eigenvalue weighted by Gasteiger charge is 2.36. The van der Waals surface area contributed by atoms with Crippen molar-refractivity contribution in [3.05, 3.63) is 12.2 Å². The molecule has 120 valence electrons. The molecule has 3 rings (SSSR count). The van der Waals surface area contributed by atoms with E-state index in [1.807, 2.05) is 4.90 Å².